The second kappa shape index (κ2) is 9.45. The molecule has 6 nitrogen and oxygen atoms in total. The maximum atomic E-state index is 12.7. The lowest BCUT2D eigenvalue weighted by molar-refractivity contribution is -0.301. The van der Waals surface area contributed by atoms with E-state index in [1.807, 2.05) is 37.3 Å². The van der Waals surface area contributed by atoms with Crippen LogP contribution < -0.4 is 10.1 Å². The highest BCUT2D eigenvalue weighted by Gasteiger charge is 2.21. The fourth-order valence-electron chi connectivity index (χ4n) is 2.60. The van der Waals surface area contributed by atoms with Gasteiger partial charge in [-0.05, 0) is 64.1 Å². The maximum Gasteiger partial charge on any atom is 0.375 e. The average Bonchev–Trinajstić information content (AvgIpc) is 2.74. The van der Waals surface area contributed by atoms with Crippen LogP contribution in [0.3, 0.4) is 0 Å². The largest absolute Gasteiger partial charge is 0.457 e. The Balaban J connectivity index is 1.88. The minimum Gasteiger partial charge on any atom is -0.457 e. The molecule has 0 spiro atoms. The zero-order chi connectivity index (χ0) is 22.4. The Morgan fingerprint density at radius 3 is 2.13 bits per heavy atom. The number of benzene rings is 3. The molecular weight excluding hydrogens is 394 g/mol. The number of anilines is 1. The number of carbonyl (C=O) groups is 2. The van der Waals surface area contributed by atoms with Crippen molar-refractivity contribution >= 4 is 17.6 Å². The van der Waals surface area contributed by atoms with Crippen molar-refractivity contribution in [3.8, 4) is 11.5 Å². The van der Waals surface area contributed by atoms with E-state index in [1.165, 1.54) is 6.07 Å². The smallest absolute Gasteiger partial charge is 0.375 e. The van der Waals surface area contributed by atoms with Crippen LogP contribution in [-0.4, -0.2) is 17.5 Å². The SMILES string of the molecule is Cc1ccc(Oc2ccc(C(=O)OOC(C)(C)C)c(NC(=O)c3ccccc3)c2)cc1. The quantitative estimate of drug-likeness (QED) is 0.396. The standard InChI is InChI=1S/C25H25NO5/c1-17-10-12-19(13-11-17)29-20-14-15-21(24(28)30-31-25(2,3)4)22(16-20)26-23(27)18-8-6-5-7-9-18/h5-16H,1-4H3,(H,26,27). The predicted molar refractivity (Wildman–Crippen MR) is 118 cm³/mol. The van der Waals surface area contributed by atoms with Gasteiger partial charge in [0, 0.05) is 11.6 Å². The molecule has 0 unspecified atom stereocenters. The van der Waals surface area contributed by atoms with E-state index in [9.17, 15) is 9.59 Å². The number of hydrogen-bond donors (Lipinski definition) is 1. The molecule has 0 atom stereocenters. The first-order valence-corrected chi connectivity index (χ1v) is 9.86. The zero-order valence-electron chi connectivity index (χ0n) is 18.0. The summed E-state index contributed by atoms with van der Waals surface area (Å²) in [5.41, 5.74) is 1.29. The van der Waals surface area contributed by atoms with Crippen LogP contribution in [0.25, 0.3) is 0 Å². The lowest BCUT2D eigenvalue weighted by Gasteiger charge is -2.18. The van der Waals surface area contributed by atoms with Gasteiger partial charge in [-0.1, -0.05) is 35.9 Å². The van der Waals surface area contributed by atoms with E-state index in [1.54, 1.807) is 57.2 Å². The third-order valence-electron chi connectivity index (χ3n) is 4.12. The van der Waals surface area contributed by atoms with E-state index < -0.39 is 11.6 Å². The molecule has 0 aliphatic rings. The van der Waals surface area contributed by atoms with Gasteiger partial charge in [-0.15, -0.1) is 0 Å². The summed E-state index contributed by atoms with van der Waals surface area (Å²) in [5.74, 6) is 0.0110. The highest BCUT2D eigenvalue weighted by molar-refractivity contribution is 6.08. The van der Waals surface area contributed by atoms with E-state index in [-0.39, 0.29) is 17.2 Å². The van der Waals surface area contributed by atoms with Gasteiger partial charge in [0.1, 0.15) is 17.1 Å². The van der Waals surface area contributed by atoms with E-state index >= 15 is 0 Å². The van der Waals surface area contributed by atoms with Crippen molar-refractivity contribution in [3.05, 3.63) is 89.5 Å². The molecule has 0 aliphatic carbocycles. The second-order valence-corrected chi connectivity index (χ2v) is 8.01. The molecule has 31 heavy (non-hydrogen) atoms. The molecule has 3 rings (SSSR count). The molecule has 1 N–H and O–H groups in total. The van der Waals surface area contributed by atoms with E-state index in [2.05, 4.69) is 5.32 Å². The Hall–Kier alpha value is -3.64. The highest BCUT2D eigenvalue weighted by Crippen LogP contribution is 2.28. The monoisotopic (exact) mass is 419 g/mol. The van der Waals surface area contributed by atoms with Gasteiger partial charge in [0.2, 0.25) is 0 Å². The fraction of sp³-hybridized carbons (Fsp3) is 0.200. The van der Waals surface area contributed by atoms with Crippen LogP contribution in [0.15, 0.2) is 72.8 Å². The third-order valence-corrected chi connectivity index (χ3v) is 4.12. The van der Waals surface area contributed by atoms with E-state index in [4.69, 9.17) is 14.5 Å². The summed E-state index contributed by atoms with van der Waals surface area (Å²) in [6.45, 7) is 7.27. The van der Waals surface area contributed by atoms with Gasteiger partial charge in [-0.2, -0.15) is 4.89 Å². The molecule has 0 aliphatic heterocycles. The normalized spacial score (nSPS) is 11.0. The molecule has 160 valence electrons. The average molecular weight is 419 g/mol. The summed E-state index contributed by atoms with van der Waals surface area (Å²) in [6, 6.07) is 21.0. The van der Waals surface area contributed by atoms with Crippen molar-refractivity contribution < 1.29 is 24.1 Å². The molecule has 3 aromatic carbocycles. The summed E-state index contributed by atoms with van der Waals surface area (Å²) >= 11 is 0. The Kier molecular flexibility index (Phi) is 6.72. The van der Waals surface area contributed by atoms with E-state index in [0.717, 1.165) is 5.56 Å². The summed E-state index contributed by atoms with van der Waals surface area (Å²) in [7, 11) is 0. The molecule has 0 radical (unpaired) electrons. The van der Waals surface area contributed by atoms with Crippen LogP contribution in [0.5, 0.6) is 11.5 Å². The van der Waals surface area contributed by atoms with Gasteiger partial charge < -0.3 is 10.1 Å². The summed E-state index contributed by atoms with van der Waals surface area (Å²) in [6.07, 6.45) is 0. The first kappa shape index (κ1) is 22.1. The lowest BCUT2D eigenvalue weighted by atomic mass is 10.1. The van der Waals surface area contributed by atoms with Crippen molar-refractivity contribution in [2.45, 2.75) is 33.3 Å². The van der Waals surface area contributed by atoms with Gasteiger partial charge in [-0.3, -0.25) is 9.68 Å². The number of rotatable bonds is 6. The molecule has 3 aromatic rings. The summed E-state index contributed by atoms with van der Waals surface area (Å²) in [5, 5.41) is 2.76. The van der Waals surface area contributed by atoms with Crippen LogP contribution in [0.4, 0.5) is 5.69 Å². The number of ether oxygens (including phenoxy) is 1. The molecule has 0 aromatic heterocycles. The minimum atomic E-state index is -0.722. The Bertz CT molecular complexity index is 1050. The van der Waals surface area contributed by atoms with Crippen molar-refractivity contribution in [1.29, 1.82) is 0 Å². The molecule has 0 bridgehead atoms. The van der Waals surface area contributed by atoms with Crippen LogP contribution in [-0.2, 0) is 9.78 Å². The molecule has 1 amide bonds. The fourth-order valence-corrected chi connectivity index (χ4v) is 2.60. The number of carbonyl (C=O) groups excluding carboxylic acids is 2. The first-order valence-electron chi connectivity index (χ1n) is 9.86. The molecular formula is C25H25NO5. The van der Waals surface area contributed by atoms with Gasteiger partial charge in [-0.25, -0.2) is 4.79 Å². The Morgan fingerprint density at radius 1 is 0.839 bits per heavy atom. The number of aryl methyl sites for hydroxylation is 1. The minimum absolute atomic E-state index is 0.143. The predicted octanol–water partition coefficient (Wildman–Crippen LogP) is 5.93. The van der Waals surface area contributed by atoms with Crippen molar-refractivity contribution in [2.24, 2.45) is 0 Å². The van der Waals surface area contributed by atoms with Crippen LogP contribution >= 0.6 is 0 Å². The zero-order valence-corrected chi connectivity index (χ0v) is 18.0. The number of hydrogen-bond acceptors (Lipinski definition) is 5. The van der Waals surface area contributed by atoms with Crippen LogP contribution in [0, 0.1) is 6.92 Å². The molecule has 0 saturated heterocycles. The van der Waals surface area contributed by atoms with Gasteiger partial charge in [0.15, 0.2) is 0 Å². The number of amides is 1. The lowest BCUT2D eigenvalue weighted by Crippen LogP contribution is -2.23. The first-order chi connectivity index (χ1) is 14.7. The highest BCUT2D eigenvalue weighted by atomic mass is 17.2. The molecule has 0 heterocycles. The maximum absolute atomic E-state index is 12.7. The van der Waals surface area contributed by atoms with Crippen LogP contribution in [0.2, 0.25) is 0 Å². The number of nitrogens with one attached hydrogen (secondary N) is 1. The van der Waals surface area contributed by atoms with Gasteiger partial charge in [0.05, 0.1) is 11.3 Å². The Morgan fingerprint density at radius 2 is 1.48 bits per heavy atom. The molecule has 6 heteroatoms. The van der Waals surface area contributed by atoms with Crippen molar-refractivity contribution in [2.75, 3.05) is 5.32 Å². The van der Waals surface area contributed by atoms with Gasteiger partial charge in [0.25, 0.3) is 5.91 Å². The second-order valence-electron chi connectivity index (χ2n) is 8.01. The molecule has 0 saturated carbocycles. The van der Waals surface area contributed by atoms with Crippen LogP contribution in [0.1, 0.15) is 47.1 Å². The van der Waals surface area contributed by atoms with Crippen molar-refractivity contribution in [3.63, 3.8) is 0 Å². The molecule has 0 fully saturated rings. The van der Waals surface area contributed by atoms with Gasteiger partial charge >= 0.3 is 5.97 Å². The van der Waals surface area contributed by atoms with Crippen molar-refractivity contribution in [1.82, 2.24) is 0 Å². The summed E-state index contributed by atoms with van der Waals surface area (Å²) < 4.78 is 5.88. The topological polar surface area (TPSA) is 73.9 Å². The summed E-state index contributed by atoms with van der Waals surface area (Å²) in [4.78, 5) is 35.4. The Labute approximate surface area is 181 Å². The van der Waals surface area contributed by atoms with E-state index in [0.29, 0.717) is 17.1 Å². The third kappa shape index (κ3) is 6.42.